The van der Waals surface area contributed by atoms with Crippen molar-refractivity contribution in [2.75, 3.05) is 46.3 Å². The van der Waals surface area contributed by atoms with Crippen molar-refractivity contribution in [3.8, 4) is 17.2 Å². The predicted molar refractivity (Wildman–Crippen MR) is 158 cm³/mol. The molecular weight excluding hydrogens is 620 g/mol. The summed E-state index contributed by atoms with van der Waals surface area (Å²) in [6, 6.07) is 12.7. The monoisotopic (exact) mass is 649 g/mol. The maximum Gasteiger partial charge on any atom is 0.274 e. The van der Waals surface area contributed by atoms with Gasteiger partial charge >= 0.3 is 0 Å². The van der Waals surface area contributed by atoms with Crippen LogP contribution in [0.4, 0.5) is 14.5 Å². The van der Waals surface area contributed by atoms with Crippen molar-refractivity contribution in [3.63, 3.8) is 0 Å². The fourth-order valence-corrected chi connectivity index (χ4v) is 7.77. The number of likely N-dealkylation sites (tertiary alicyclic amines) is 1. The lowest BCUT2D eigenvalue weighted by Crippen LogP contribution is -2.59. The van der Waals surface area contributed by atoms with Crippen LogP contribution < -0.4 is 18.5 Å². The van der Waals surface area contributed by atoms with E-state index >= 15 is 13.6 Å². The van der Waals surface area contributed by atoms with Crippen LogP contribution in [0.3, 0.4) is 0 Å². The third-order valence-corrected chi connectivity index (χ3v) is 9.84. The molecule has 0 saturated carbocycles. The number of hydrogen-bond acceptors (Lipinski definition) is 8. The number of para-hydroxylation sites is 1. The molecule has 3 aromatic carbocycles. The molecule has 2 atom stereocenters. The Morgan fingerprint density at radius 1 is 0.955 bits per heavy atom. The zero-order valence-electron chi connectivity index (χ0n) is 24.5. The van der Waals surface area contributed by atoms with E-state index in [1.54, 1.807) is 12.1 Å². The number of amides is 2. The molecule has 3 aromatic rings. The van der Waals surface area contributed by atoms with Gasteiger partial charge in [0.05, 0.1) is 39.6 Å². The van der Waals surface area contributed by atoms with Crippen LogP contribution in [-0.2, 0) is 25.2 Å². The van der Waals surface area contributed by atoms with Gasteiger partial charge in [-0.25, -0.2) is 21.5 Å². The molecule has 2 aliphatic rings. The molecule has 1 saturated heterocycles. The minimum atomic E-state index is -4.78. The second-order valence-electron chi connectivity index (χ2n) is 10.6. The maximum atomic E-state index is 15.4. The predicted octanol–water partition coefficient (Wildman–Crippen LogP) is 4.14. The fraction of sp³-hybridized carbons (Fsp3) is 0.333. The van der Waals surface area contributed by atoms with Crippen molar-refractivity contribution >= 4 is 39.1 Å². The van der Waals surface area contributed by atoms with Gasteiger partial charge in [0.1, 0.15) is 22.1 Å². The lowest BCUT2D eigenvalue weighted by molar-refractivity contribution is -0.138. The van der Waals surface area contributed by atoms with Crippen LogP contribution in [0.25, 0.3) is 0 Å². The van der Waals surface area contributed by atoms with Crippen LogP contribution in [0.1, 0.15) is 17.5 Å². The molecule has 14 heteroatoms. The molecule has 2 aliphatic heterocycles. The Morgan fingerprint density at radius 3 is 2.27 bits per heavy atom. The molecule has 0 bridgehead atoms. The van der Waals surface area contributed by atoms with Crippen molar-refractivity contribution in [2.45, 2.75) is 28.8 Å². The Hall–Kier alpha value is -3.94. The molecule has 2 heterocycles. The number of carbonyl (C=O) groups excluding carboxylic acids is 2. The number of benzene rings is 3. The van der Waals surface area contributed by atoms with E-state index < -0.39 is 52.3 Å². The SMILES string of the molecule is COc1ccc(S(=O)(=O)N2C(=O)C(c3ccccc3OC)(N3CC(F)(F)C[C@H]3C(=O)N(C)C)c3cc(Cl)ccc32)c(OC)c1. The topological polar surface area (TPSA) is 106 Å². The molecule has 2 amide bonds. The Labute approximate surface area is 258 Å². The van der Waals surface area contributed by atoms with Crippen LogP contribution >= 0.6 is 11.6 Å². The number of halogens is 3. The van der Waals surface area contributed by atoms with Crippen molar-refractivity contribution in [2.24, 2.45) is 0 Å². The van der Waals surface area contributed by atoms with Gasteiger partial charge in [0.15, 0.2) is 5.54 Å². The lowest BCUT2D eigenvalue weighted by Gasteiger charge is -2.41. The standard InChI is InChI=1S/C30H30ClF2N3O7S/c1-34(2)27(37)23-16-29(32,33)17-35(23)30(20-8-6-7-9-24(20)42-4)21-14-18(31)10-12-22(21)36(28(30)38)44(39,40)26-13-11-19(41-3)15-25(26)43-5/h6-15,23H,16-17H2,1-5H3/t23-,30?/m0/s1. The second kappa shape index (κ2) is 11.2. The Kier molecular flexibility index (Phi) is 8.02. The Morgan fingerprint density at radius 2 is 1.64 bits per heavy atom. The molecule has 0 spiro atoms. The van der Waals surface area contributed by atoms with Crippen molar-refractivity contribution < 1.29 is 41.0 Å². The first kappa shape index (κ1) is 31.5. The van der Waals surface area contributed by atoms with Gasteiger partial charge in [0, 0.05) is 42.7 Å². The summed E-state index contributed by atoms with van der Waals surface area (Å²) in [7, 11) is 2.04. The third kappa shape index (κ3) is 4.74. The highest BCUT2D eigenvalue weighted by atomic mass is 35.5. The lowest BCUT2D eigenvalue weighted by atomic mass is 9.80. The molecule has 44 heavy (non-hydrogen) atoms. The first-order chi connectivity index (χ1) is 20.7. The smallest absolute Gasteiger partial charge is 0.274 e. The molecular formula is C30H30ClF2N3O7S. The Bertz CT molecular complexity index is 1750. The summed E-state index contributed by atoms with van der Waals surface area (Å²) in [5.41, 5.74) is -2.36. The summed E-state index contributed by atoms with van der Waals surface area (Å²) >= 11 is 6.45. The van der Waals surface area contributed by atoms with Crippen molar-refractivity contribution in [1.29, 1.82) is 0 Å². The van der Waals surface area contributed by atoms with Crippen LogP contribution in [0.2, 0.25) is 5.02 Å². The minimum Gasteiger partial charge on any atom is -0.497 e. The number of ether oxygens (including phenoxy) is 3. The van der Waals surface area contributed by atoms with Crippen LogP contribution in [0.5, 0.6) is 17.2 Å². The third-order valence-electron chi connectivity index (χ3n) is 7.87. The zero-order chi connectivity index (χ0) is 32.2. The summed E-state index contributed by atoms with van der Waals surface area (Å²) in [6.07, 6.45) is -0.900. The van der Waals surface area contributed by atoms with Gasteiger partial charge in [-0.1, -0.05) is 29.8 Å². The van der Waals surface area contributed by atoms with Gasteiger partial charge in [0.2, 0.25) is 5.91 Å². The van der Waals surface area contributed by atoms with E-state index in [-0.39, 0.29) is 38.2 Å². The highest BCUT2D eigenvalue weighted by Gasteiger charge is 2.66. The first-order valence-electron chi connectivity index (χ1n) is 13.4. The van der Waals surface area contributed by atoms with Gasteiger partial charge in [0.25, 0.3) is 21.9 Å². The van der Waals surface area contributed by atoms with Crippen LogP contribution in [-0.4, -0.2) is 84.0 Å². The zero-order valence-corrected chi connectivity index (χ0v) is 26.1. The van der Waals surface area contributed by atoms with E-state index in [1.807, 2.05) is 0 Å². The van der Waals surface area contributed by atoms with Crippen molar-refractivity contribution in [3.05, 3.63) is 76.8 Å². The second-order valence-corrected chi connectivity index (χ2v) is 12.8. The highest BCUT2D eigenvalue weighted by Crippen LogP contribution is 2.56. The molecule has 10 nitrogen and oxygen atoms in total. The van der Waals surface area contributed by atoms with E-state index in [4.69, 9.17) is 25.8 Å². The summed E-state index contributed by atoms with van der Waals surface area (Å²) in [4.78, 5) is 30.4. The molecule has 5 rings (SSSR count). The van der Waals surface area contributed by atoms with Gasteiger partial charge in [-0.2, -0.15) is 0 Å². The normalized spacial score (nSPS) is 21.2. The summed E-state index contributed by atoms with van der Waals surface area (Å²) in [6.45, 7) is -1.03. The number of sulfonamides is 1. The molecule has 234 valence electrons. The average molecular weight is 650 g/mol. The van der Waals surface area contributed by atoms with Crippen molar-refractivity contribution in [1.82, 2.24) is 9.80 Å². The molecule has 1 fully saturated rings. The number of hydrogen-bond donors (Lipinski definition) is 0. The largest absolute Gasteiger partial charge is 0.497 e. The summed E-state index contributed by atoms with van der Waals surface area (Å²) < 4.78 is 76.5. The molecule has 1 unspecified atom stereocenters. The highest BCUT2D eigenvalue weighted by molar-refractivity contribution is 7.93. The van der Waals surface area contributed by atoms with Crippen LogP contribution in [0, 0.1) is 0 Å². The van der Waals surface area contributed by atoms with Crippen LogP contribution in [0.15, 0.2) is 65.6 Å². The Balaban J connectivity index is 1.88. The number of carbonyl (C=O) groups is 2. The number of likely N-dealkylation sites (N-methyl/N-ethyl adjacent to an activating group) is 1. The van der Waals surface area contributed by atoms with Gasteiger partial charge in [-0.05, 0) is 36.4 Å². The fourth-order valence-electron chi connectivity index (χ4n) is 6.00. The molecule has 0 radical (unpaired) electrons. The number of methoxy groups -OCH3 is 3. The molecule has 0 aromatic heterocycles. The van der Waals surface area contributed by atoms with E-state index in [2.05, 4.69) is 0 Å². The average Bonchev–Trinajstić information content (AvgIpc) is 3.46. The number of anilines is 1. The van der Waals surface area contributed by atoms with E-state index in [9.17, 15) is 13.2 Å². The summed E-state index contributed by atoms with van der Waals surface area (Å²) in [5, 5.41) is 0.110. The van der Waals surface area contributed by atoms with Gasteiger partial charge in [-0.15, -0.1) is 0 Å². The van der Waals surface area contributed by atoms with Gasteiger partial charge < -0.3 is 19.1 Å². The summed E-state index contributed by atoms with van der Waals surface area (Å²) in [5.74, 6) is -4.92. The number of nitrogens with zero attached hydrogens (tertiary/aromatic N) is 3. The quantitative estimate of drug-likeness (QED) is 0.359. The van der Waals surface area contributed by atoms with E-state index in [0.29, 0.717) is 10.1 Å². The van der Waals surface area contributed by atoms with E-state index in [1.165, 1.54) is 84.0 Å². The molecule has 0 aliphatic carbocycles. The number of rotatable bonds is 8. The number of alkyl halides is 2. The van der Waals surface area contributed by atoms with Gasteiger partial charge in [-0.3, -0.25) is 14.5 Å². The maximum absolute atomic E-state index is 15.4. The minimum absolute atomic E-state index is 0.00944. The van der Waals surface area contributed by atoms with E-state index in [0.717, 1.165) is 9.80 Å². The molecule has 0 N–H and O–H groups in total. The number of fused-ring (bicyclic) bond motifs is 1. The first-order valence-corrected chi connectivity index (χ1v) is 15.2.